The van der Waals surface area contributed by atoms with E-state index in [0.29, 0.717) is 15.9 Å². The highest BCUT2D eigenvalue weighted by molar-refractivity contribution is 9.10. The molecule has 0 saturated heterocycles. The molecule has 0 fully saturated rings. The van der Waals surface area contributed by atoms with Crippen LogP contribution in [0.3, 0.4) is 0 Å². The first-order valence-electron chi connectivity index (χ1n) is 4.73. The van der Waals surface area contributed by atoms with Crippen molar-refractivity contribution in [3.05, 3.63) is 34.1 Å². The van der Waals surface area contributed by atoms with Gasteiger partial charge in [-0.2, -0.15) is 0 Å². The van der Waals surface area contributed by atoms with Crippen LogP contribution >= 0.6 is 39.1 Å². The second-order valence-corrected chi connectivity index (χ2v) is 4.78. The van der Waals surface area contributed by atoms with Crippen LogP contribution in [0.25, 0.3) is 0 Å². The number of benzene rings is 1. The van der Waals surface area contributed by atoms with Gasteiger partial charge in [-0.3, -0.25) is 0 Å². The van der Waals surface area contributed by atoms with Crippen molar-refractivity contribution in [2.75, 3.05) is 11.9 Å². The van der Waals surface area contributed by atoms with E-state index in [9.17, 15) is 4.39 Å². The van der Waals surface area contributed by atoms with E-state index in [4.69, 9.17) is 28.0 Å². The molecular formula is C10H8BrCl2FN2O. The molecule has 1 heterocycles. The number of alkyl halides is 2. The largest absolute Gasteiger partial charge is 0.386 e. The van der Waals surface area contributed by atoms with E-state index in [1.54, 1.807) is 6.07 Å². The summed E-state index contributed by atoms with van der Waals surface area (Å²) < 4.78 is 13.9. The average Bonchev–Trinajstić information content (AvgIpc) is 2.70. The maximum Gasteiger partial charge on any atom is 0.226 e. The molecule has 0 radical (unpaired) electrons. The van der Waals surface area contributed by atoms with Gasteiger partial charge in [-0.25, -0.2) is 9.38 Å². The summed E-state index contributed by atoms with van der Waals surface area (Å²) >= 11 is 14.6. The van der Waals surface area contributed by atoms with E-state index < -0.39 is 6.17 Å². The smallest absolute Gasteiger partial charge is 0.226 e. The Balaban J connectivity index is 2.34. The molecule has 3 nitrogen and oxygen atoms in total. The van der Waals surface area contributed by atoms with Crippen LogP contribution < -0.4 is 0 Å². The van der Waals surface area contributed by atoms with Gasteiger partial charge in [0.2, 0.25) is 5.90 Å². The standard InChI is InChI=1S/C10H8BrCl2FN2O/c11-7-1-6(2-8(14)3-7)10-15-9(4-12)17-16(10)5-13/h1-3,10H,4-5H2. The Labute approximate surface area is 116 Å². The molecule has 1 aromatic rings. The molecule has 0 N–H and O–H groups in total. The molecule has 17 heavy (non-hydrogen) atoms. The van der Waals surface area contributed by atoms with E-state index in [1.807, 2.05) is 0 Å². The highest BCUT2D eigenvalue weighted by Crippen LogP contribution is 2.30. The van der Waals surface area contributed by atoms with Gasteiger partial charge in [0, 0.05) is 4.47 Å². The highest BCUT2D eigenvalue weighted by atomic mass is 79.9. The summed E-state index contributed by atoms with van der Waals surface area (Å²) in [6.45, 7) is 0. The number of rotatable bonds is 3. The summed E-state index contributed by atoms with van der Waals surface area (Å²) in [7, 11) is 0. The van der Waals surface area contributed by atoms with Crippen LogP contribution in [-0.4, -0.2) is 22.8 Å². The van der Waals surface area contributed by atoms with Crippen molar-refractivity contribution < 1.29 is 9.23 Å². The Bertz CT molecular complexity index is 438. The molecule has 1 aromatic carbocycles. The predicted octanol–water partition coefficient (Wildman–Crippen LogP) is 3.67. The van der Waals surface area contributed by atoms with Crippen LogP contribution in [0.5, 0.6) is 0 Å². The van der Waals surface area contributed by atoms with Crippen LogP contribution in [0.15, 0.2) is 27.7 Å². The normalized spacial score (nSPS) is 20.2. The Morgan fingerprint density at radius 1 is 1.41 bits per heavy atom. The Hall–Kier alpha value is -0.360. The lowest BCUT2D eigenvalue weighted by atomic mass is 10.2. The summed E-state index contributed by atoms with van der Waals surface area (Å²) in [5, 5.41) is 1.43. The molecule has 0 aliphatic carbocycles. The Morgan fingerprint density at radius 3 is 2.76 bits per heavy atom. The van der Waals surface area contributed by atoms with Crippen molar-refractivity contribution >= 4 is 45.0 Å². The first-order chi connectivity index (χ1) is 8.13. The van der Waals surface area contributed by atoms with Crippen molar-refractivity contribution in [3.8, 4) is 0 Å². The van der Waals surface area contributed by atoms with Gasteiger partial charge >= 0.3 is 0 Å². The number of aliphatic imine (C=N–C) groups is 1. The van der Waals surface area contributed by atoms with E-state index in [2.05, 4.69) is 20.9 Å². The highest BCUT2D eigenvalue weighted by Gasteiger charge is 2.29. The van der Waals surface area contributed by atoms with Crippen LogP contribution in [0.1, 0.15) is 11.7 Å². The third kappa shape index (κ3) is 2.91. The molecular weight excluding hydrogens is 334 g/mol. The van der Waals surface area contributed by atoms with Crippen LogP contribution in [0, 0.1) is 5.82 Å². The Kier molecular flexibility index (Phi) is 4.25. The minimum Gasteiger partial charge on any atom is -0.386 e. The number of hydrogen-bond acceptors (Lipinski definition) is 3. The third-order valence-electron chi connectivity index (χ3n) is 2.18. The fraction of sp³-hybridized carbons (Fsp3) is 0.300. The Morgan fingerprint density at radius 2 is 2.18 bits per heavy atom. The first-order valence-corrected chi connectivity index (χ1v) is 6.59. The van der Waals surface area contributed by atoms with Gasteiger partial charge in [0.1, 0.15) is 17.7 Å². The van der Waals surface area contributed by atoms with Crippen LogP contribution in [0.4, 0.5) is 4.39 Å². The van der Waals surface area contributed by atoms with Crippen molar-refractivity contribution in [2.45, 2.75) is 6.17 Å². The van der Waals surface area contributed by atoms with Gasteiger partial charge < -0.3 is 4.84 Å². The number of hydrogen-bond donors (Lipinski definition) is 0. The third-order valence-corrected chi connectivity index (χ3v) is 3.10. The molecule has 1 atom stereocenters. The lowest BCUT2D eigenvalue weighted by Crippen LogP contribution is -2.22. The lowest BCUT2D eigenvalue weighted by molar-refractivity contribution is -0.0670. The van der Waals surface area contributed by atoms with Crippen LogP contribution in [-0.2, 0) is 4.84 Å². The van der Waals surface area contributed by atoms with Crippen molar-refractivity contribution in [1.82, 2.24) is 5.06 Å². The molecule has 0 spiro atoms. The van der Waals surface area contributed by atoms with E-state index in [0.717, 1.165) is 0 Å². The quantitative estimate of drug-likeness (QED) is 0.619. The van der Waals surface area contributed by atoms with Crippen molar-refractivity contribution in [3.63, 3.8) is 0 Å². The second-order valence-electron chi connectivity index (χ2n) is 3.36. The number of hydroxylamine groups is 2. The molecule has 7 heteroatoms. The van der Waals surface area contributed by atoms with Crippen molar-refractivity contribution in [1.29, 1.82) is 0 Å². The molecule has 1 aliphatic rings. The van der Waals surface area contributed by atoms with Gasteiger partial charge in [0.15, 0.2) is 6.17 Å². The minimum absolute atomic E-state index is 0.114. The fourth-order valence-electron chi connectivity index (χ4n) is 1.52. The van der Waals surface area contributed by atoms with Gasteiger partial charge in [0.05, 0.1) is 0 Å². The summed E-state index contributed by atoms with van der Waals surface area (Å²) in [6.07, 6.45) is -0.465. The predicted molar refractivity (Wildman–Crippen MR) is 68.6 cm³/mol. The molecule has 92 valence electrons. The molecule has 0 bridgehead atoms. The summed E-state index contributed by atoms with van der Waals surface area (Å²) in [5.74, 6) is 0.177. The fourth-order valence-corrected chi connectivity index (χ4v) is 2.30. The molecule has 0 amide bonds. The molecule has 1 unspecified atom stereocenters. The lowest BCUT2D eigenvalue weighted by Gasteiger charge is -2.18. The van der Waals surface area contributed by atoms with Crippen LogP contribution in [0.2, 0.25) is 0 Å². The van der Waals surface area contributed by atoms with E-state index >= 15 is 0 Å². The average molecular weight is 342 g/mol. The van der Waals surface area contributed by atoms with E-state index in [-0.39, 0.29) is 17.7 Å². The summed E-state index contributed by atoms with van der Waals surface area (Å²) in [4.78, 5) is 9.52. The maximum atomic E-state index is 13.3. The van der Waals surface area contributed by atoms with Gasteiger partial charge in [0.25, 0.3) is 0 Å². The molecule has 0 saturated carbocycles. The second kappa shape index (κ2) is 5.52. The molecule has 0 aromatic heterocycles. The summed E-state index contributed by atoms with van der Waals surface area (Å²) in [6, 6.07) is 4.63. The van der Waals surface area contributed by atoms with Gasteiger partial charge in [-0.05, 0) is 23.8 Å². The monoisotopic (exact) mass is 340 g/mol. The van der Waals surface area contributed by atoms with Crippen molar-refractivity contribution in [2.24, 2.45) is 4.99 Å². The van der Waals surface area contributed by atoms with E-state index in [1.165, 1.54) is 17.2 Å². The zero-order valence-electron chi connectivity index (χ0n) is 8.54. The minimum atomic E-state index is -0.465. The summed E-state index contributed by atoms with van der Waals surface area (Å²) in [5.41, 5.74) is 0.651. The SMILES string of the molecule is Fc1cc(Br)cc(C2N=C(CCl)ON2CCl)c1. The zero-order valence-corrected chi connectivity index (χ0v) is 11.6. The van der Waals surface area contributed by atoms with Gasteiger partial charge in [-0.1, -0.05) is 21.0 Å². The number of halogens is 4. The zero-order chi connectivity index (χ0) is 12.4. The topological polar surface area (TPSA) is 24.8 Å². The maximum absolute atomic E-state index is 13.3. The first kappa shape index (κ1) is 13.1. The number of nitrogens with zero attached hydrogens (tertiary/aromatic N) is 2. The molecule has 1 aliphatic heterocycles. The molecule has 2 rings (SSSR count). The van der Waals surface area contributed by atoms with Gasteiger partial charge in [-0.15, -0.1) is 23.2 Å².